The fraction of sp³-hybridized carbons (Fsp3) is 0.125. The summed E-state index contributed by atoms with van der Waals surface area (Å²) in [6, 6.07) is 20.3. The van der Waals surface area contributed by atoms with E-state index in [4.69, 9.17) is 9.15 Å². The molecular formula is C24H18N2O4S. The normalized spacial score (nSPS) is 14.8. The van der Waals surface area contributed by atoms with Crippen LogP contribution in [0.15, 0.2) is 70.0 Å². The zero-order valence-corrected chi connectivity index (χ0v) is 17.5. The number of aryl methyl sites for hydroxylation is 1. The highest BCUT2D eigenvalue weighted by molar-refractivity contribution is 8.18. The zero-order valence-electron chi connectivity index (χ0n) is 16.7. The van der Waals surface area contributed by atoms with Crippen molar-refractivity contribution in [2.75, 3.05) is 13.2 Å². The third-order valence-corrected chi connectivity index (χ3v) is 5.57. The van der Waals surface area contributed by atoms with Crippen LogP contribution >= 0.6 is 11.8 Å². The molecule has 0 N–H and O–H groups in total. The Bertz CT molecular complexity index is 1220. The molecular weight excluding hydrogens is 412 g/mol. The SMILES string of the molecule is Cc1cccc(OCCN2C(=O)S/C(=C\c3ccc(-c4ccccc4C#N)o3)C2=O)c1. The summed E-state index contributed by atoms with van der Waals surface area (Å²) in [5.41, 5.74) is 2.24. The lowest BCUT2D eigenvalue weighted by atomic mass is 10.1. The monoisotopic (exact) mass is 430 g/mol. The molecule has 1 aliphatic heterocycles. The van der Waals surface area contributed by atoms with Crippen LogP contribution in [0, 0.1) is 18.3 Å². The summed E-state index contributed by atoms with van der Waals surface area (Å²) in [6.07, 6.45) is 1.55. The van der Waals surface area contributed by atoms with Crippen LogP contribution in [-0.2, 0) is 4.79 Å². The van der Waals surface area contributed by atoms with Crippen molar-refractivity contribution >= 4 is 29.0 Å². The van der Waals surface area contributed by atoms with E-state index in [9.17, 15) is 14.9 Å². The number of benzene rings is 2. The summed E-state index contributed by atoms with van der Waals surface area (Å²) in [5.74, 6) is 1.28. The van der Waals surface area contributed by atoms with E-state index in [1.54, 1.807) is 36.4 Å². The van der Waals surface area contributed by atoms with Crippen LogP contribution in [0.25, 0.3) is 17.4 Å². The molecule has 0 unspecified atom stereocenters. The molecule has 2 amide bonds. The molecule has 0 spiro atoms. The minimum atomic E-state index is -0.377. The molecule has 1 fully saturated rings. The molecule has 4 rings (SSSR count). The molecule has 6 nitrogen and oxygen atoms in total. The van der Waals surface area contributed by atoms with E-state index in [0.717, 1.165) is 17.3 Å². The van der Waals surface area contributed by atoms with Gasteiger partial charge in [0, 0.05) is 11.6 Å². The standard InChI is InChI=1S/C24H18N2O4S/c1-16-5-4-7-18(13-16)29-12-11-26-23(27)22(31-24(26)28)14-19-9-10-21(30-19)20-8-3-2-6-17(20)15-25/h2-10,13-14H,11-12H2,1H3/b22-14-. The Kier molecular flexibility index (Phi) is 5.92. The summed E-state index contributed by atoms with van der Waals surface area (Å²) < 4.78 is 11.4. The Hall–Kier alpha value is -3.76. The lowest BCUT2D eigenvalue weighted by Crippen LogP contribution is -2.32. The van der Waals surface area contributed by atoms with Crippen molar-refractivity contribution in [2.45, 2.75) is 6.92 Å². The molecule has 0 saturated carbocycles. The quantitative estimate of drug-likeness (QED) is 0.497. The molecule has 1 aromatic heterocycles. The maximum atomic E-state index is 12.7. The zero-order chi connectivity index (χ0) is 21.8. The van der Waals surface area contributed by atoms with Gasteiger partial charge in [-0.15, -0.1) is 0 Å². The molecule has 0 radical (unpaired) electrons. The Morgan fingerprint density at radius 2 is 1.97 bits per heavy atom. The number of nitriles is 1. The van der Waals surface area contributed by atoms with Gasteiger partial charge in [-0.1, -0.05) is 24.3 Å². The van der Waals surface area contributed by atoms with Crippen LogP contribution in [0.1, 0.15) is 16.9 Å². The number of ether oxygens (including phenoxy) is 1. The van der Waals surface area contributed by atoms with E-state index in [1.807, 2.05) is 37.3 Å². The minimum Gasteiger partial charge on any atom is -0.492 e. The highest BCUT2D eigenvalue weighted by atomic mass is 32.2. The van der Waals surface area contributed by atoms with Gasteiger partial charge in [0.1, 0.15) is 23.9 Å². The first-order valence-electron chi connectivity index (χ1n) is 9.59. The van der Waals surface area contributed by atoms with Crippen LogP contribution in [0.4, 0.5) is 4.79 Å². The fourth-order valence-electron chi connectivity index (χ4n) is 3.15. The molecule has 31 heavy (non-hydrogen) atoms. The molecule has 1 aliphatic rings. The average Bonchev–Trinajstić information content (AvgIpc) is 3.33. The number of hydrogen-bond acceptors (Lipinski definition) is 6. The minimum absolute atomic E-state index is 0.162. The average molecular weight is 430 g/mol. The van der Waals surface area contributed by atoms with Crippen LogP contribution in [-0.4, -0.2) is 29.2 Å². The second-order valence-electron chi connectivity index (χ2n) is 6.86. The van der Waals surface area contributed by atoms with Crippen molar-refractivity contribution in [3.63, 3.8) is 0 Å². The van der Waals surface area contributed by atoms with Crippen LogP contribution in [0.5, 0.6) is 5.75 Å². The van der Waals surface area contributed by atoms with E-state index in [1.165, 1.54) is 4.90 Å². The van der Waals surface area contributed by atoms with E-state index >= 15 is 0 Å². The largest absolute Gasteiger partial charge is 0.492 e. The number of hydrogen-bond donors (Lipinski definition) is 0. The third kappa shape index (κ3) is 4.55. The van der Waals surface area contributed by atoms with E-state index in [-0.39, 0.29) is 29.2 Å². The number of carbonyl (C=O) groups is 2. The molecule has 0 aliphatic carbocycles. The summed E-state index contributed by atoms with van der Waals surface area (Å²) in [6.45, 7) is 2.34. The van der Waals surface area contributed by atoms with Crippen molar-refractivity contribution in [1.82, 2.24) is 4.90 Å². The first kappa shape index (κ1) is 20.5. The lowest BCUT2D eigenvalue weighted by Gasteiger charge is -2.13. The molecule has 0 bridgehead atoms. The van der Waals surface area contributed by atoms with Crippen molar-refractivity contribution in [1.29, 1.82) is 5.26 Å². The van der Waals surface area contributed by atoms with Gasteiger partial charge in [-0.25, -0.2) is 0 Å². The number of furan rings is 1. The highest BCUT2D eigenvalue weighted by Crippen LogP contribution is 2.33. The maximum Gasteiger partial charge on any atom is 0.293 e. The van der Waals surface area contributed by atoms with Crippen molar-refractivity contribution in [3.05, 3.63) is 82.5 Å². The predicted molar refractivity (Wildman–Crippen MR) is 118 cm³/mol. The molecule has 2 aromatic carbocycles. The van der Waals surface area contributed by atoms with Gasteiger partial charge in [0.15, 0.2) is 0 Å². The molecule has 2 heterocycles. The summed E-state index contributed by atoms with van der Waals surface area (Å²) >= 11 is 0.869. The lowest BCUT2D eigenvalue weighted by molar-refractivity contribution is -0.123. The Balaban J connectivity index is 1.44. The number of nitrogens with zero attached hydrogens (tertiary/aromatic N) is 2. The topological polar surface area (TPSA) is 83.5 Å². The van der Waals surface area contributed by atoms with Gasteiger partial charge < -0.3 is 9.15 Å². The molecule has 1 saturated heterocycles. The summed E-state index contributed by atoms with van der Waals surface area (Å²) in [4.78, 5) is 26.4. The summed E-state index contributed by atoms with van der Waals surface area (Å²) in [7, 11) is 0. The number of amides is 2. The van der Waals surface area contributed by atoms with Crippen LogP contribution < -0.4 is 4.74 Å². The van der Waals surface area contributed by atoms with Gasteiger partial charge in [-0.3, -0.25) is 14.5 Å². The Morgan fingerprint density at radius 1 is 1.13 bits per heavy atom. The number of imide groups is 1. The Labute approximate surface area is 183 Å². The van der Waals surface area contributed by atoms with Gasteiger partial charge in [-0.2, -0.15) is 5.26 Å². The predicted octanol–water partition coefficient (Wildman–Crippen LogP) is 5.24. The van der Waals surface area contributed by atoms with Crippen molar-refractivity contribution in [2.24, 2.45) is 0 Å². The second kappa shape index (κ2) is 8.94. The van der Waals surface area contributed by atoms with Gasteiger partial charge in [0.2, 0.25) is 0 Å². The first-order valence-corrected chi connectivity index (χ1v) is 10.4. The number of rotatable bonds is 6. The van der Waals surface area contributed by atoms with Crippen molar-refractivity contribution in [3.8, 4) is 23.1 Å². The third-order valence-electron chi connectivity index (χ3n) is 4.66. The van der Waals surface area contributed by atoms with E-state index < -0.39 is 0 Å². The molecule has 0 atom stereocenters. The van der Waals surface area contributed by atoms with Crippen LogP contribution in [0.3, 0.4) is 0 Å². The van der Waals surface area contributed by atoms with Gasteiger partial charge in [-0.05, 0) is 60.6 Å². The molecule has 3 aromatic rings. The summed E-state index contributed by atoms with van der Waals surface area (Å²) in [5, 5.41) is 8.92. The van der Waals surface area contributed by atoms with Gasteiger partial charge in [0.25, 0.3) is 11.1 Å². The highest BCUT2D eigenvalue weighted by Gasteiger charge is 2.35. The van der Waals surface area contributed by atoms with E-state index in [2.05, 4.69) is 6.07 Å². The van der Waals surface area contributed by atoms with E-state index in [0.29, 0.717) is 28.4 Å². The second-order valence-corrected chi connectivity index (χ2v) is 7.85. The smallest absolute Gasteiger partial charge is 0.293 e. The maximum absolute atomic E-state index is 12.7. The molecule has 7 heteroatoms. The van der Waals surface area contributed by atoms with Crippen molar-refractivity contribution < 1.29 is 18.7 Å². The van der Waals surface area contributed by atoms with Crippen LogP contribution in [0.2, 0.25) is 0 Å². The molecule has 154 valence electrons. The van der Waals surface area contributed by atoms with Gasteiger partial charge in [0.05, 0.1) is 23.1 Å². The number of thioether (sulfide) groups is 1. The van der Waals surface area contributed by atoms with Gasteiger partial charge >= 0.3 is 0 Å². The Morgan fingerprint density at radius 3 is 2.77 bits per heavy atom. The first-order chi connectivity index (χ1) is 15.0. The number of carbonyl (C=O) groups excluding carboxylic acids is 2. The fourth-order valence-corrected chi connectivity index (χ4v) is 4.00.